The lowest BCUT2D eigenvalue weighted by molar-refractivity contribution is 0.894. The molecule has 3 nitrogen and oxygen atoms in total. The second-order valence-electron chi connectivity index (χ2n) is 5.77. The zero-order valence-electron chi connectivity index (χ0n) is 12.2. The molecular formula is C18H15ClN2O. The fraction of sp³-hybridized carbons (Fsp3) is 0.222. The Morgan fingerprint density at radius 2 is 1.86 bits per heavy atom. The Morgan fingerprint density at radius 3 is 2.55 bits per heavy atom. The van der Waals surface area contributed by atoms with E-state index in [-0.39, 0.29) is 5.56 Å². The van der Waals surface area contributed by atoms with E-state index < -0.39 is 0 Å². The highest BCUT2D eigenvalue weighted by atomic mass is 35.5. The average molecular weight is 311 g/mol. The normalized spacial score (nSPS) is 14.5. The first-order valence-electron chi connectivity index (χ1n) is 7.44. The van der Waals surface area contributed by atoms with E-state index in [1.54, 1.807) is 4.57 Å². The Balaban J connectivity index is 2.07. The lowest BCUT2D eigenvalue weighted by atomic mass is 10.1. The number of hydrogen-bond donors (Lipinski definition) is 0. The van der Waals surface area contributed by atoms with Crippen LogP contribution in [-0.2, 0) is 0 Å². The number of hydrogen-bond acceptors (Lipinski definition) is 2. The molecule has 0 spiro atoms. The van der Waals surface area contributed by atoms with Gasteiger partial charge in [0.15, 0.2) is 0 Å². The zero-order chi connectivity index (χ0) is 15.3. The summed E-state index contributed by atoms with van der Waals surface area (Å²) in [5, 5.41) is 1.10. The molecule has 1 aliphatic rings. The third-order valence-electron chi connectivity index (χ3n) is 4.20. The fourth-order valence-corrected chi connectivity index (χ4v) is 3.35. The Bertz CT molecular complexity index is 927. The first-order chi connectivity index (χ1) is 10.7. The number of halogens is 1. The van der Waals surface area contributed by atoms with Gasteiger partial charge >= 0.3 is 0 Å². The quantitative estimate of drug-likeness (QED) is 0.710. The second-order valence-corrected chi connectivity index (χ2v) is 6.15. The predicted octanol–water partition coefficient (Wildman–Crippen LogP) is 4.22. The highest BCUT2D eigenvalue weighted by Crippen LogP contribution is 2.44. The summed E-state index contributed by atoms with van der Waals surface area (Å²) in [7, 11) is 0. The van der Waals surface area contributed by atoms with Gasteiger partial charge in [-0.2, -0.15) is 0 Å². The van der Waals surface area contributed by atoms with Gasteiger partial charge in [-0.1, -0.05) is 35.9 Å². The maximum atomic E-state index is 13.0. The molecule has 1 heterocycles. The molecule has 2 aromatic carbocycles. The lowest BCUT2D eigenvalue weighted by Gasteiger charge is -2.12. The maximum Gasteiger partial charge on any atom is 0.267 e. The zero-order valence-corrected chi connectivity index (χ0v) is 13.0. The van der Waals surface area contributed by atoms with Crippen LogP contribution in [0.2, 0.25) is 5.02 Å². The van der Waals surface area contributed by atoms with Crippen LogP contribution >= 0.6 is 11.6 Å². The van der Waals surface area contributed by atoms with E-state index >= 15 is 0 Å². The highest BCUT2D eigenvalue weighted by Gasteiger charge is 2.27. The second kappa shape index (κ2) is 4.96. The number of aromatic nitrogens is 2. The van der Waals surface area contributed by atoms with Crippen molar-refractivity contribution in [1.29, 1.82) is 0 Å². The van der Waals surface area contributed by atoms with E-state index in [2.05, 4.69) is 4.98 Å². The van der Waals surface area contributed by atoms with Crippen LogP contribution < -0.4 is 5.56 Å². The van der Waals surface area contributed by atoms with Crippen LogP contribution in [0, 0.1) is 6.92 Å². The third-order valence-corrected chi connectivity index (χ3v) is 4.61. The summed E-state index contributed by atoms with van der Waals surface area (Å²) in [5.41, 5.74) is 2.47. The minimum Gasteiger partial charge on any atom is -0.268 e. The van der Waals surface area contributed by atoms with Gasteiger partial charge in [0, 0.05) is 0 Å². The van der Waals surface area contributed by atoms with Crippen LogP contribution in [0.5, 0.6) is 0 Å². The van der Waals surface area contributed by atoms with E-state index in [1.807, 2.05) is 49.4 Å². The molecule has 4 rings (SSSR count). The molecule has 0 bridgehead atoms. The Morgan fingerprint density at radius 1 is 1.14 bits per heavy atom. The molecule has 1 fully saturated rings. The van der Waals surface area contributed by atoms with E-state index in [1.165, 1.54) is 0 Å². The monoisotopic (exact) mass is 310 g/mol. The molecule has 0 aliphatic heterocycles. The molecule has 0 radical (unpaired) electrons. The van der Waals surface area contributed by atoms with E-state index in [4.69, 9.17) is 11.6 Å². The van der Waals surface area contributed by atoms with Gasteiger partial charge < -0.3 is 0 Å². The number of rotatable bonds is 2. The van der Waals surface area contributed by atoms with Gasteiger partial charge in [0.1, 0.15) is 5.82 Å². The molecule has 1 saturated carbocycles. The van der Waals surface area contributed by atoms with Crippen molar-refractivity contribution in [1.82, 2.24) is 9.55 Å². The van der Waals surface area contributed by atoms with Gasteiger partial charge in [-0.3, -0.25) is 9.36 Å². The maximum absolute atomic E-state index is 13.0. The first-order valence-corrected chi connectivity index (χ1v) is 7.82. The molecule has 1 aromatic heterocycles. The van der Waals surface area contributed by atoms with Crippen LogP contribution in [0.25, 0.3) is 16.6 Å². The molecule has 1 aliphatic carbocycles. The molecule has 0 amide bonds. The van der Waals surface area contributed by atoms with Crippen LogP contribution in [-0.4, -0.2) is 9.55 Å². The smallest absolute Gasteiger partial charge is 0.267 e. The van der Waals surface area contributed by atoms with Crippen molar-refractivity contribution in [2.24, 2.45) is 0 Å². The van der Waals surface area contributed by atoms with Gasteiger partial charge in [0.05, 0.1) is 21.6 Å². The summed E-state index contributed by atoms with van der Waals surface area (Å²) in [6.45, 7) is 1.84. The standard InChI is InChI=1S/C18H15ClN2O/c1-11-20-15-10-9-14(12-7-8-12)17(19)16(15)18(22)21(11)13-5-3-2-4-6-13/h2-6,9-10,12H,7-8H2,1H3. The van der Waals surface area contributed by atoms with E-state index in [0.717, 1.165) is 24.1 Å². The van der Waals surface area contributed by atoms with Crippen LogP contribution in [0.15, 0.2) is 47.3 Å². The summed E-state index contributed by atoms with van der Waals surface area (Å²) < 4.78 is 1.63. The predicted molar refractivity (Wildman–Crippen MR) is 89.1 cm³/mol. The summed E-state index contributed by atoms with van der Waals surface area (Å²) in [6.07, 6.45) is 2.30. The van der Waals surface area contributed by atoms with Crippen LogP contribution in [0.4, 0.5) is 0 Å². The Labute approximate surface area is 133 Å². The van der Waals surface area contributed by atoms with E-state index in [0.29, 0.717) is 27.7 Å². The van der Waals surface area contributed by atoms with Gasteiger partial charge in [0.25, 0.3) is 5.56 Å². The minimum atomic E-state index is -0.0961. The van der Waals surface area contributed by atoms with Gasteiger partial charge in [-0.05, 0) is 49.4 Å². The SMILES string of the molecule is Cc1nc2ccc(C3CC3)c(Cl)c2c(=O)n1-c1ccccc1. The lowest BCUT2D eigenvalue weighted by Crippen LogP contribution is -2.22. The van der Waals surface area contributed by atoms with Crippen molar-refractivity contribution >= 4 is 22.5 Å². The minimum absolute atomic E-state index is 0.0961. The summed E-state index contributed by atoms with van der Waals surface area (Å²) in [5.74, 6) is 1.17. The molecule has 0 saturated heterocycles. The van der Waals surface area contributed by atoms with Gasteiger partial charge in [-0.15, -0.1) is 0 Å². The van der Waals surface area contributed by atoms with Crippen molar-refractivity contribution in [2.75, 3.05) is 0 Å². The summed E-state index contributed by atoms with van der Waals surface area (Å²) in [4.78, 5) is 17.6. The molecule has 4 heteroatoms. The van der Waals surface area contributed by atoms with Crippen LogP contribution in [0.3, 0.4) is 0 Å². The fourth-order valence-electron chi connectivity index (χ4n) is 2.95. The molecule has 22 heavy (non-hydrogen) atoms. The van der Waals surface area contributed by atoms with E-state index in [9.17, 15) is 4.79 Å². The topological polar surface area (TPSA) is 34.9 Å². The molecule has 3 aromatic rings. The summed E-state index contributed by atoms with van der Waals surface area (Å²) in [6, 6.07) is 13.5. The number of fused-ring (bicyclic) bond motifs is 1. The molecule has 0 atom stereocenters. The Hall–Kier alpha value is -2.13. The van der Waals surface area contributed by atoms with Crippen molar-refractivity contribution in [3.8, 4) is 5.69 Å². The first kappa shape index (κ1) is 13.5. The molecule has 0 unspecified atom stereocenters. The molecule has 0 N–H and O–H groups in total. The van der Waals surface area contributed by atoms with Gasteiger partial charge in [0.2, 0.25) is 0 Å². The van der Waals surface area contributed by atoms with Crippen molar-refractivity contribution < 1.29 is 0 Å². The average Bonchev–Trinajstić information content (AvgIpc) is 3.33. The number of nitrogens with zero attached hydrogens (tertiary/aromatic N) is 2. The highest BCUT2D eigenvalue weighted by molar-refractivity contribution is 6.36. The third kappa shape index (κ3) is 2.04. The largest absolute Gasteiger partial charge is 0.268 e. The number of benzene rings is 2. The van der Waals surface area contributed by atoms with Crippen LogP contribution in [0.1, 0.15) is 30.1 Å². The van der Waals surface area contributed by atoms with Gasteiger partial charge in [-0.25, -0.2) is 4.98 Å². The number of aryl methyl sites for hydroxylation is 1. The summed E-state index contributed by atoms with van der Waals surface area (Å²) >= 11 is 6.54. The number of para-hydroxylation sites is 1. The van der Waals surface area contributed by atoms with Crippen molar-refractivity contribution in [2.45, 2.75) is 25.7 Å². The van der Waals surface area contributed by atoms with Crippen molar-refractivity contribution in [3.05, 3.63) is 69.2 Å². The molecule has 110 valence electrons. The van der Waals surface area contributed by atoms with Crippen molar-refractivity contribution in [3.63, 3.8) is 0 Å². The molecular weight excluding hydrogens is 296 g/mol. The Kier molecular flexibility index (Phi) is 3.05.